The first-order valence-corrected chi connectivity index (χ1v) is 11.2. The Balaban J connectivity index is 2.37. The van der Waals surface area contributed by atoms with Gasteiger partial charge in [-0.2, -0.15) is 0 Å². The Labute approximate surface area is 176 Å². The van der Waals surface area contributed by atoms with E-state index >= 15 is 0 Å². The molecular formula is C24H38N4O. The predicted octanol–water partition coefficient (Wildman–Crippen LogP) is 5.33. The van der Waals surface area contributed by atoms with Crippen molar-refractivity contribution < 1.29 is 5.11 Å². The number of nitrogens with zero attached hydrogens (tertiary/aromatic N) is 3. The molecule has 0 aliphatic heterocycles. The number of anilines is 1. The number of unbranched alkanes of at least 4 members (excludes halogenated alkanes) is 3. The van der Waals surface area contributed by atoms with E-state index in [2.05, 4.69) is 60.3 Å². The van der Waals surface area contributed by atoms with E-state index < -0.39 is 0 Å². The van der Waals surface area contributed by atoms with Gasteiger partial charge in [-0.15, -0.1) is 0 Å². The van der Waals surface area contributed by atoms with E-state index in [0.717, 1.165) is 48.7 Å². The van der Waals surface area contributed by atoms with Gasteiger partial charge in [0.05, 0.1) is 10.9 Å². The molecule has 2 atom stereocenters. The number of aliphatic hydroxyl groups excluding tert-OH is 1. The number of aromatic nitrogens is 3. The molecule has 2 heterocycles. The van der Waals surface area contributed by atoms with Crippen molar-refractivity contribution in [2.45, 2.75) is 85.1 Å². The Morgan fingerprint density at radius 3 is 2.62 bits per heavy atom. The van der Waals surface area contributed by atoms with Crippen LogP contribution in [0, 0.1) is 23.7 Å². The summed E-state index contributed by atoms with van der Waals surface area (Å²) in [5, 5.41) is 10.5. The number of fused-ring (bicyclic) bond motifs is 1. The van der Waals surface area contributed by atoms with E-state index in [4.69, 9.17) is 5.73 Å². The molecular weight excluding hydrogens is 360 g/mol. The molecule has 0 fully saturated rings. The van der Waals surface area contributed by atoms with Gasteiger partial charge in [-0.3, -0.25) is 0 Å². The Morgan fingerprint density at radius 2 is 1.93 bits per heavy atom. The number of aliphatic hydroxyl groups is 1. The Morgan fingerprint density at radius 1 is 1.14 bits per heavy atom. The van der Waals surface area contributed by atoms with Gasteiger partial charge in [-0.05, 0) is 31.1 Å². The Bertz CT molecular complexity index is 815. The van der Waals surface area contributed by atoms with Crippen molar-refractivity contribution in [3.63, 3.8) is 0 Å². The van der Waals surface area contributed by atoms with Crippen LogP contribution in [0.5, 0.6) is 0 Å². The topological polar surface area (TPSA) is 77.0 Å². The summed E-state index contributed by atoms with van der Waals surface area (Å²) >= 11 is 0. The second-order valence-corrected chi connectivity index (χ2v) is 8.67. The van der Waals surface area contributed by atoms with Crippen LogP contribution in [0.1, 0.15) is 90.7 Å². The lowest BCUT2D eigenvalue weighted by molar-refractivity contribution is 0.209. The van der Waals surface area contributed by atoms with Gasteiger partial charge >= 0.3 is 0 Å². The molecule has 2 unspecified atom stereocenters. The summed E-state index contributed by atoms with van der Waals surface area (Å²) in [5.41, 5.74) is 7.99. The van der Waals surface area contributed by atoms with Gasteiger partial charge in [0.2, 0.25) is 0 Å². The quantitative estimate of drug-likeness (QED) is 0.396. The van der Waals surface area contributed by atoms with E-state index in [-0.39, 0.29) is 18.6 Å². The van der Waals surface area contributed by atoms with Crippen molar-refractivity contribution in [3.05, 3.63) is 18.1 Å². The number of nitrogens with two attached hydrogens (primary N) is 1. The van der Waals surface area contributed by atoms with E-state index in [1.807, 2.05) is 0 Å². The largest absolute Gasteiger partial charge is 0.396 e. The van der Waals surface area contributed by atoms with Crippen LogP contribution in [0.3, 0.4) is 0 Å². The van der Waals surface area contributed by atoms with Gasteiger partial charge < -0.3 is 15.4 Å². The van der Waals surface area contributed by atoms with Gasteiger partial charge in [0.1, 0.15) is 17.8 Å². The fraction of sp³-hybridized carbons (Fsp3) is 0.667. The maximum atomic E-state index is 9.62. The molecule has 2 aromatic heterocycles. The molecule has 29 heavy (non-hydrogen) atoms. The first-order chi connectivity index (χ1) is 14.0. The summed E-state index contributed by atoms with van der Waals surface area (Å²) in [5.74, 6) is 8.04. The van der Waals surface area contributed by atoms with E-state index in [1.54, 1.807) is 0 Å². The van der Waals surface area contributed by atoms with Crippen LogP contribution in [0.2, 0.25) is 0 Å². The van der Waals surface area contributed by atoms with Gasteiger partial charge in [0, 0.05) is 25.3 Å². The third-order valence-corrected chi connectivity index (χ3v) is 5.47. The highest BCUT2D eigenvalue weighted by molar-refractivity contribution is 5.92. The molecule has 0 aliphatic carbocycles. The van der Waals surface area contributed by atoms with Crippen LogP contribution < -0.4 is 5.73 Å². The molecule has 0 saturated heterocycles. The lowest BCUT2D eigenvalue weighted by Crippen LogP contribution is -2.15. The van der Waals surface area contributed by atoms with E-state index in [9.17, 15) is 5.11 Å². The fourth-order valence-electron chi connectivity index (χ4n) is 3.77. The first kappa shape index (κ1) is 23.2. The fourth-order valence-corrected chi connectivity index (χ4v) is 3.77. The SMILES string of the molecule is CCCCCC#Cc1cn(C(CCCC(C)C)CC(C)CO)c2ncnc(N)c12. The summed E-state index contributed by atoms with van der Waals surface area (Å²) < 4.78 is 2.23. The van der Waals surface area contributed by atoms with Crippen molar-refractivity contribution in [2.75, 3.05) is 12.3 Å². The number of nitrogen functional groups attached to an aromatic ring is 1. The zero-order valence-corrected chi connectivity index (χ0v) is 18.6. The summed E-state index contributed by atoms with van der Waals surface area (Å²) in [6, 6.07) is 0.267. The zero-order valence-electron chi connectivity index (χ0n) is 18.6. The second-order valence-electron chi connectivity index (χ2n) is 8.67. The van der Waals surface area contributed by atoms with E-state index in [0.29, 0.717) is 11.7 Å². The summed E-state index contributed by atoms with van der Waals surface area (Å²) in [4.78, 5) is 8.77. The number of rotatable bonds is 11. The molecule has 0 bridgehead atoms. The van der Waals surface area contributed by atoms with Crippen molar-refractivity contribution >= 4 is 16.9 Å². The van der Waals surface area contributed by atoms with Crippen molar-refractivity contribution in [1.82, 2.24) is 14.5 Å². The summed E-state index contributed by atoms with van der Waals surface area (Å²) in [7, 11) is 0. The third-order valence-electron chi connectivity index (χ3n) is 5.47. The van der Waals surface area contributed by atoms with Gasteiger partial charge in [-0.25, -0.2) is 9.97 Å². The smallest absolute Gasteiger partial charge is 0.147 e. The van der Waals surface area contributed by atoms with Crippen LogP contribution in [0.4, 0.5) is 5.82 Å². The molecule has 0 radical (unpaired) electrons. The number of hydrogen-bond donors (Lipinski definition) is 2. The highest BCUT2D eigenvalue weighted by atomic mass is 16.3. The predicted molar refractivity (Wildman–Crippen MR) is 122 cm³/mol. The minimum absolute atomic E-state index is 0.196. The van der Waals surface area contributed by atoms with E-state index in [1.165, 1.54) is 25.6 Å². The zero-order chi connectivity index (χ0) is 21.2. The molecule has 2 aromatic rings. The molecule has 5 heteroatoms. The molecule has 0 aliphatic rings. The monoisotopic (exact) mass is 398 g/mol. The molecule has 160 valence electrons. The van der Waals surface area contributed by atoms with Gasteiger partial charge in [0.15, 0.2) is 0 Å². The maximum Gasteiger partial charge on any atom is 0.147 e. The lowest BCUT2D eigenvalue weighted by Gasteiger charge is -2.23. The highest BCUT2D eigenvalue weighted by Crippen LogP contribution is 2.32. The molecule has 0 saturated carbocycles. The standard InChI is InChI=1S/C24H38N4O/c1-5-6-7-8-9-12-20-15-28(24-22(20)23(25)26-17-27-24)21(14-19(4)16-29)13-10-11-18(2)3/h15,17-19,21,29H,5-8,10-11,13-14,16H2,1-4H3,(H2,25,26,27). The second kappa shape index (κ2) is 11.8. The minimum Gasteiger partial charge on any atom is -0.396 e. The minimum atomic E-state index is 0.196. The number of hydrogen-bond acceptors (Lipinski definition) is 4. The average molecular weight is 399 g/mol. The van der Waals surface area contributed by atoms with Crippen molar-refractivity contribution in [3.8, 4) is 11.8 Å². The molecule has 5 nitrogen and oxygen atoms in total. The molecule has 0 spiro atoms. The maximum absolute atomic E-state index is 9.62. The van der Waals surface area contributed by atoms with Crippen LogP contribution >= 0.6 is 0 Å². The van der Waals surface area contributed by atoms with Crippen LogP contribution in [-0.4, -0.2) is 26.2 Å². The summed E-state index contributed by atoms with van der Waals surface area (Å²) in [6.07, 6.45) is 12.4. The highest BCUT2D eigenvalue weighted by Gasteiger charge is 2.20. The Hall–Kier alpha value is -2.06. The van der Waals surface area contributed by atoms with Crippen molar-refractivity contribution in [2.24, 2.45) is 11.8 Å². The van der Waals surface area contributed by atoms with Crippen LogP contribution in [-0.2, 0) is 0 Å². The molecule has 2 rings (SSSR count). The summed E-state index contributed by atoms with van der Waals surface area (Å²) in [6.45, 7) is 9.01. The normalized spacial score (nSPS) is 13.4. The van der Waals surface area contributed by atoms with Gasteiger partial charge in [0.25, 0.3) is 0 Å². The van der Waals surface area contributed by atoms with Crippen LogP contribution in [0.25, 0.3) is 11.0 Å². The average Bonchev–Trinajstić information content (AvgIpc) is 3.06. The lowest BCUT2D eigenvalue weighted by atomic mass is 9.96. The molecule has 3 N–H and O–H groups in total. The first-order valence-electron chi connectivity index (χ1n) is 11.2. The molecule has 0 aromatic carbocycles. The van der Waals surface area contributed by atoms with Gasteiger partial charge in [-0.1, -0.05) is 65.2 Å². The third kappa shape index (κ3) is 6.75. The van der Waals surface area contributed by atoms with Crippen molar-refractivity contribution in [1.29, 1.82) is 0 Å². The van der Waals surface area contributed by atoms with Crippen LogP contribution in [0.15, 0.2) is 12.5 Å². The molecule has 0 amide bonds. The Kier molecular flexibility index (Phi) is 9.47.